The molecule has 5 heteroatoms. The fraction of sp³-hybridized carbons (Fsp3) is 0.500. The molecule has 1 aromatic rings. The van der Waals surface area contributed by atoms with E-state index in [0.717, 1.165) is 0 Å². The van der Waals surface area contributed by atoms with Gasteiger partial charge in [0, 0.05) is 17.6 Å². The summed E-state index contributed by atoms with van der Waals surface area (Å²) < 4.78 is 13.4. The Balaban J connectivity index is 1.81. The Hall–Kier alpha value is -1.91. The van der Waals surface area contributed by atoms with E-state index in [1.54, 1.807) is 18.2 Å². The molecule has 2 rings (SSSR count). The van der Waals surface area contributed by atoms with Crippen molar-refractivity contribution in [2.75, 3.05) is 0 Å². The van der Waals surface area contributed by atoms with Gasteiger partial charge >= 0.3 is 0 Å². The molecule has 0 radical (unpaired) electrons. The van der Waals surface area contributed by atoms with Crippen LogP contribution < -0.4 is 10.6 Å². The molecule has 0 aromatic heterocycles. The van der Waals surface area contributed by atoms with Gasteiger partial charge in [-0.2, -0.15) is 0 Å². The smallest absolute Gasteiger partial charge is 0.224 e. The molecule has 0 bridgehead atoms. The van der Waals surface area contributed by atoms with Crippen LogP contribution in [0.4, 0.5) is 4.39 Å². The molecule has 1 saturated carbocycles. The molecule has 2 N–H and O–H groups in total. The summed E-state index contributed by atoms with van der Waals surface area (Å²) >= 11 is 0. The van der Waals surface area contributed by atoms with Crippen molar-refractivity contribution in [1.82, 2.24) is 10.6 Å². The maximum Gasteiger partial charge on any atom is 0.224 e. The van der Waals surface area contributed by atoms with Gasteiger partial charge in [0.2, 0.25) is 11.8 Å². The van der Waals surface area contributed by atoms with Gasteiger partial charge in [-0.15, -0.1) is 0 Å². The van der Waals surface area contributed by atoms with Crippen molar-refractivity contribution in [3.05, 3.63) is 35.6 Å². The number of hydrogen-bond acceptors (Lipinski definition) is 2. The summed E-state index contributed by atoms with van der Waals surface area (Å²) in [7, 11) is 0. The highest BCUT2D eigenvalue weighted by atomic mass is 19.1. The first-order valence-electron chi connectivity index (χ1n) is 7.11. The molecular formula is C16H21FN2O2. The van der Waals surface area contributed by atoms with Gasteiger partial charge in [0.25, 0.3) is 0 Å². The van der Waals surface area contributed by atoms with Crippen LogP contribution in [0.2, 0.25) is 0 Å². The molecule has 4 nitrogen and oxygen atoms in total. The summed E-state index contributed by atoms with van der Waals surface area (Å²) in [6, 6.07) is 6.32. The second kappa shape index (κ2) is 5.84. The lowest BCUT2D eigenvalue weighted by atomic mass is 10.1. The van der Waals surface area contributed by atoms with E-state index in [9.17, 15) is 14.0 Å². The van der Waals surface area contributed by atoms with Gasteiger partial charge in [-0.25, -0.2) is 4.39 Å². The minimum absolute atomic E-state index is 0.0893. The number of carbonyl (C=O) groups excluding carboxylic acids is 2. The average Bonchev–Trinajstić information content (AvgIpc) is 3.15. The van der Waals surface area contributed by atoms with Crippen LogP contribution in [0, 0.1) is 17.7 Å². The number of nitrogens with one attached hydrogen (secondary N) is 2. The number of amides is 2. The van der Waals surface area contributed by atoms with Crippen LogP contribution in [-0.2, 0) is 16.1 Å². The number of carbonyl (C=O) groups is 2. The molecule has 114 valence electrons. The molecule has 0 aliphatic heterocycles. The normalized spacial score (nSPS) is 20.8. The quantitative estimate of drug-likeness (QED) is 0.891. The minimum atomic E-state index is -0.337. The summed E-state index contributed by atoms with van der Waals surface area (Å²) in [5.74, 6) is -1.17. The third-order valence-corrected chi connectivity index (χ3v) is 3.37. The van der Waals surface area contributed by atoms with Crippen molar-refractivity contribution < 1.29 is 14.0 Å². The Morgan fingerprint density at radius 3 is 2.43 bits per heavy atom. The number of benzene rings is 1. The van der Waals surface area contributed by atoms with E-state index in [4.69, 9.17) is 0 Å². The lowest BCUT2D eigenvalue weighted by Crippen LogP contribution is -2.42. The van der Waals surface area contributed by atoms with E-state index < -0.39 is 0 Å². The third-order valence-electron chi connectivity index (χ3n) is 3.37. The van der Waals surface area contributed by atoms with Gasteiger partial charge in [-0.05, 0) is 33.3 Å². The van der Waals surface area contributed by atoms with Gasteiger partial charge in [0.15, 0.2) is 0 Å². The molecule has 1 fully saturated rings. The van der Waals surface area contributed by atoms with Crippen LogP contribution in [-0.4, -0.2) is 17.4 Å². The second-order valence-electron chi connectivity index (χ2n) is 6.50. The maximum atomic E-state index is 13.4. The zero-order valence-electron chi connectivity index (χ0n) is 12.6. The van der Waals surface area contributed by atoms with Crippen molar-refractivity contribution in [2.45, 2.75) is 39.3 Å². The molecule has 2 unspecified atom stereocenters. The molecule has 2 amide bonds. The van der Waals surface area contributed by atoms with Gasteiger partial charge in [-0.1, -0.05) is 18.2 Å². The standard InChI is InChI=1S/C16H21FN2O2/c1-16(2,3)19-15(21)12-8-11(12)14(20)18-9-10-6-4-5-7-13(10)17/h4-7,11-12H,8-9H2,1-3H3,(H,18,20)(H,19,21). The highest BCUT2D eigenvalue weighted by Crippen LogP contribution is 2.39. The van der Waals surface area contributed by atoms with Crippen LogP contribution in [0.5, 0.6) is 0 Å². The predicted octanol–water partition coefficient (Wildman–Crippen LogP) is 1.99. The fourth-order valence-electron chi connectivity index (χ4n) is 2.19. The van der Waals surface area contributed by atoms with Crippen molar-refractivity contribution in [3.63, 3.8) is 0 Å². The Morgan fingerprint density at radius 1 is 1.19 bits per heavy atom. The van der Waals surface area contributed by atoms with Crippen molar-refractivity contribution in [1.29, 1.82) is 0 Å². The van der Waals surface area contributed by atoms with Crippen LogP contribution >= 0.6 is 0 Å². The number of rotatable bonds is 4. The largest absolute Gasteiger partial charge is 0.352 e. The minimum Gasteiger partial charge on any atom is -0.352 e. The van der Waals surface area contributed by atoms with Gasteiger partial charge in [0.05, 0.1) is 11.8 Å². The van der Waals surface area contributed by atoms with E-state index in [-0.39, 0.29) is 41.6 Å². The first-order valence-corrected chi connectivity index (χ1v) is 7.11. The highest BCUT2D eigenvalue weighted by Gasteiger charge is 2.48. The van der Waals surface area contributed by atoms with Crippen molar-refractivity contribution >= 4 is 11.8 Å². The second-order valence-corrected chi connectivity index (χ2v) is 6.50. The van der Waals surface area contributed by atoms with E-state index in [2.05, 4.69) is 10.6 Å². The lowest BCUT2D eigenvalue weighted by molar-refractivity contribution is -0.128. The highest BCUT2D eigenvalue weighted by molar-refractivity contribution is 5.92. The molecule has 21 heavy (non-hydrogen) atoms. The number of halogens is 1. The summed E-state index contributed by atoms with van der Waals surface area (Å²) in [6.07, 6.45) is 0.561. The van der Waals surface area contributed by atoms with Crippen LogP contribution in [0.1, 0.15) is 32.8 Å². The molecule has 1 aromatic carbocycles. The summed E-state index contributed by atoms with van der Waals surface area (Å²) in [5, 5.41) is 5.56. The van der Waals surface area contributed by atoms with Crippen LogP contribution in [0.3, 0.4) is 0 Å². The van der Waals surface area contributed by atoms with Gasteiger partial charge < -0.3 is 10.6 Å². The fourth-order valence-corrected chi connectivity index (χ4v) is 2.19. The van der Waals surface area contributed by atoms with E-state index in [1.165, 1.54) is 6.07 Å². The van der Waals surface area contributed by atoms with Gasteiger partial charge in [-0.3, -0.25) is 9.59 Å². The van der Waals surface area contributed by atoms with Crippen molar-refractivity contribution in [2.24, 2.45) is 11.8 Å². The average molecular weight is 292 g/mol. The Labute approximate surface area is 124 Å². The zero-order valence-corrected chi connectivity index (χ0v) is 12.6. The Kier molecular flexibility index (Phi) is 4.30. The van der Waals surface area contributed by atoms with E-state index in [1.807, 2.05) is 20.8 Å². The van der Waals surface area contributed by atoms with Crippen LogP contribution in [0.25, 0.3) is 0 Å². The monoisotopic (exact) mass is 292 g/mol. The van der Waals surface area contributed by atoms with Crippen molar-refractivity contribution in [3.8, 4) is 0 Å². The molecule has 0 heterocycles. The zero-order chi connectivity index (χ0) is 15.6. The molecule has 0 saturated heterocycles. The summed E-state index contributed by atoms with van der Waals surface area (Å²) in [5.41, 5.74) is 0.149. The SMILES string of the molecule is CC(C)(C)NC(=O)C1CC1C(=O)NCc1ccccc1F. The Bertz CT molecular complexity index is 551. The van der Waals surface area contributed by atoms with E-state index >= 15 is 0 Å². The summed E-state index contributed by atoms with van der Waals surface area (Å²) in [4.78, 5) is 23.9. The first kappa shape index (κ1) is 15.5. The maximum absolute atomic E-state index is 13.4. The molecule has 0 spiro atoms. The van der Waals surface area contributed by atoms with Gasteiger partial charge in [0.1, 0.15) is 5.82 Å². The van der Waals surface area contributed by atoms with E-state index in [0.29, 0.717) is 12.0 Å². The van der Waals surface area contributed by atoms with Crippen LogP contribution in [0.15, 0.2) is 24.3 Å². The summed E-state index contributed by atoms with van der Waals surface area (Å²) in [6.45, 7) is 5.86. The topological polar surface area (TPSA) is 58.2 Å². The molecular weight excluding hydrogens is 271 g/mol. The molecule has 1 aliphatic carbocycles. The molecule has 1 aliphatic rings. The third kappa shape index (κ3) is 4.28. The lowest BCUT2D eigenvalue weighted by Gasteiger charge is -2.20. The molecule has 2 atom stereocenters. The Morgan fingerprint density at radius 2 is 1.81 bits per heavy atom. The predicted molar refractivity (Wildman–Crippen MR) is 77.7 cm³/mol. The number of hydrogen-bond donors (Lipinski definition) is 2. The first-order chi connectivity index (χ1) is 9.78.